The van der Waals surface area contributed by atoms with Gasteiger partial charge in [-0.3, -0.25) is 19.8 Å². The molecule has 8 nitrogen and oxygen atoms in total. The molecule has 3 heterocycles. The smallest absolute Gasteiger partial charge is 0.215 e. The molecule has 3 aromatic heterocycles. The molecule has 9 heteroatoms. The number of halogens is 1. The molecule has 0 bridgehead atoms. The second-order valence-electron chi connectivity index (χ2n) is 6.91. The first-order valence-electron chi connectivity index (χ1n) is 9.09. The van der Waals surface area contributed by atoms with Gasteiger partial charge in [0.1, 0.15) is 11.6 Å². The van der Waals surface area contributed by atoms with Gasteiger partial charge < -0.3 is 5.32 Å². The molecule has 0 atom stereocenters. The van der Waals surface area contributed by atoms with Gasteiger partial charge in [-0.1, -0.05) is 6.42 Å². The highest BCUT2D eigenvalue weighted by Crippen LogP contribution is 2.43. The number of carbonyl (C=O) groups excluding carboxylic acids is 1. The topological polar surface area (TPSA) is 99.7 Å². The monoisotopic (exact) mass is 381 g/mol. The number of pyridine rings is 1. The summed E-state index contributed by atoms with van der Waals surface area (Å²) in [5.41, 5.74) is 0.978. The number of rotatable bonds is 8. The Morgan fingerprint density at radius 3 is 2.71 bits per heavy atom. The molecule has 144 valence electrons. The Morgan fingerprint density at radius 1 is 1.21 bits per heavy atom. The minimum absolute atomic E-state index is 0.272. The summed E-state index contributed by atoms with van der Waals surface area (Å²) in [4.78, 5) is 17.1. The number of hydrogen-bond acceptors (Lipinski definition) is 6. The fraction of sp³-hybridized carbons (Fsp3) is 0.316. The van der Waals surface area contributed by atoms with Gasteiger partial charge in [-0.25, -0.2) is 4.39 Å². The van der Waals surface area contributed by atoms with E-state index in [1.54, 1.807) is 36.7 Å². The molecule has 1 aliphatic rings. The summed E-state index contributed by atoms with van der Waals surface area (Å²) >= 11 is 0. The summed E-state index contributed by atoms with van der Waals surface area (Å²) in [6, 6.07) is 8.31. The van der Waals surface area contributed by atoms with Gasteiger partial charge in [0.2, 0.25) is 6.41 Å². The predicted octanol–water partition coefficient (Wildman–Crippen LogP) is 2.43. The Morgan fingerprint density at radius 2 is 2.11 bits per heavy atom. The van der Waals surface area contributed by atoms with Crippen molar-refractivity contribution in [1.82, 2.24) is 25.4 Å². The van der Waals surface area contributed by atoms with E-state index in [-0.39, 0.29) is 11.2 Å². The van der Waals surface area contributed by atoms with Crippen LogP contribution in [0.2, 0.25) is 0 Å². The number of hydrogen-bond donors (Lipinski definition) is 2. The number of H-pyrrole nitrogens is 1. The van der Waals surface area contributed by atoms with Crippen molar-refractivity contribution >= 4 is 18.0 Å². The molecule has 0 spiro atoms. The highest BCUT2D eigenvalue weighted by atomic mass is 19.1. The Bertz CT molecular complexity index is 926. The lowest BCUT2D eigenvalue weighted by Crippen LogP contribution is -2.42. The highest BCUT2D eigenvalue weighted by molar-refractivity contribution is 5.72. The molecular weight excluding hydrogens is 361 g/mol. The van der Waals surface area contributed by atoms with Crippen molar-refractivity contribution in [3.8, 4) is 0 Å². The molecule has 1 aliphatic carbocycles. The largest absolute Gasteiger partial charge is 0.368 e. The molecule has 28 heavy (non-hydrogen) atoms. The molecular formula is C19H20FN7O. The average Bonchev–Trinajstić information content (AvgIpc) is 3.20. The maximum atomic E-state index is 14.2. The SMILES string of the molecule is O=CN(Cc1ccn[nH]1)c1ccc(NCC2(c3ncccc3F)CCC2)nn1. The normalized spacial score (nSPS) is 14.9. The lowest BCUT2D eigenvalue weighted by molar-refractivity contribution is -0.107. The Balaban J connectivity index is 1.43. The lowest BCUT2D eigenvalue weighted by atomic mass is 9.66. The van der Waals surface area contributed by atoms with Gasteiger partial charge >= 0.3 is 0 Å². The van der Waals surface area contributed by atoms with E-state index in [2.05, 4.69) is 30.7 Å². The quantitative estimate of drug-likeness (QED) is 0.582. The van der Waals surface area contributed by atoms with E-state index in [0.717, 1.165) is 25.0 Å². The molecule has 1 fully saturated rings. The fourth-order valence-electron chi connectivity index (χ4n) is 3.44. The van der Waals surface area contributed by atoms with Crippen LogP contribution in [0.15, 0.2) is 42.7 Å². The van der Waals surface area contributed by atoms with Crippen molar-refractivity contribution < 1.29 is 9.18 Å². The summed E-state index contributed by atoms with van der Waals surface area (Å²) in [7, 11) is 0. The van der Waals surface area contributed by atoms with Gasteiger partial charge in [0.25, 0.3) is 0 Å². The van der Waals surface area contributed by atoms with Crippen LogP contribution in [-0.2, 0) is 16.8 Å². The molecule has 2 N–H and O–H groups in total. The van der Waals surface area contributed by atoms with Crippen molar-refractivity contribution in [2.24, 2.45) is 0 Å². The Labute approximate surface area is 161 Å². The predicted molar refractivity (Wildman–Crippen MR) is 101 cm³/mol. The van der Waals surface area contributed by atoms with Crippen LogP contribution in [0.3, 0.4) is 0 Å². The van der Waals surface area contributed by atoms with Crippen molar-refractivity contribution in [3.63, 3.8) is 0 Å². The molecule has 1 saturated carbocycles. The zero-order chi connectivity index (χ0) is 19.4. The zero-order valence-corrected chi connectivity index (χ0v) is 15.2. The molecule has 0 unspecified atom stereocenters. The standard InChI is InChI=1S/C19H20FN7O/c20-15-3-1-9-21-18(15)19(7-2-8-19)12-22-16-4-5-17(26-25-16)27(13-28)11-14-6-10-23-24-14/h1,3-6,9-10,13H,2,7-8,11-12H2,(H,22,25)(H,23,24). The number of anilines is 2. The second kappa shape index (κ2) is 7.71. The van der Waals surface area contributed by atoms with E-state index >= 15 is 0 Å². The van der Waals surface area contributed by atoms with Crippen LogP contribution in [0.5, 0.6) is 0 Å². The first-order valence-corrected chi connectivity index (χ1v) is 9.09. The first kappa shape index (κ1) is 18.0. The summed E-state index contributed by atoms with van der Waals surface area (Å²) in [6.07, 6.45) is 6.75. The summed E-state index contributed by atoms with van der Waals surface area (Å²) < 4.78 is 14.2. The number of aromatic amines is 1. The lowest BCUT2D eigenvalue weighted by Gasteiger charge is -2.41. The van der Waals surface area contributed by atoms with E-state index < -0.39 is 0 Å². The molecule has 0 radical (unpaired) electrons. The Hall–Kier alpha value is -3.36. The van der Waals surface area contributed by atoms with Crippen LogP contribution >= 0.6 is 0 Å². The van der Waals surface area contributed by atoms with Crippen molar-refractivity contribution in [1.29, 1.82) is 0 Å². The van der Waals surface area contributed by atoms with Gasteiger partial charge in [-0.2, -0.15) is 5.10 Å². The maximum Gasteiger partial charge on any atom is 0.215 e. The zero-order valence-electron chi connectivity index (χ0n) is 15.2. The highest BCUT2D eigenvalue weighted by Gasteiger charge is 2.41. The van der Waals surface area contributed by atoms with Crippen LogP contribution in [-0.4, -0.2) is 38.3 Å². The van der Waals surface area contributed by atoms with E-state index in [1.165, 1.54) is 11.0 Å². The van der Waals surface area contributed by atoms with Crippen molar-refractivity contribution in [3.05, 3.63) is 59.9 Å². The van der Waals surface area contributed by atoms with Gasteiger partial charge in [-0.15, -0.1) is 10.2 Å². The maximum absolute atomic E-state index is 14.2. The first-order chi connectivity index (χ1) is 13.7. The minimum atomic E-state index is -0.318. The summed E-state index contributed by atoms with van der Waals surface area (Å²) in [6.45, 7) is 0.855. The van der Waals surface area contributed by atoms with E-state index in [9.17, 15) is 9.18 Å². The molecule has 1 amide bonds. The molecule has 4 rings (SSSR count). The van der Waals surface area contributed by atoms with Crippen LogP contribution in [0, 0.1) is 5.82 Å². The fourth-order valence-corrected chi connectivity index (χ4v) is 3.44. The number of aromatic nitrogens is 5. The van der Waals surface area contributed by atoms with Gasteiger partial charge in [0.05, 0.1) is 17.9 Å². The van der Waals surface area contributed by atoms with Crippen LogP contribution < -0.4 is 10.2 Å². The number of amides is 1. The van der Waals surface area contributed by atoms with Crippen LogP contribution in [0.1, 0.15) is 30.7 Å². The van der Waals surface area contributed by atoms with Gasteiger partial charge in [-0.05, 0) is 43.2 Å². The third-order valence-corrected chi connectivity index (χ3v) is 5.15. The van der Waals surface area contributed by atoms with Crippen molar-refractivity contribution in [2.45, 2.75) is 31.2 Å². The third-order valence-electron chi connectivity index (χ3n) is 5.15. The molecule has 0 saturated heterocycles. The average molecular weight is 381 g/mol. The van der Waals surface area contributed by atoms with E-state index in [4.69, 9.17) is 0 Å². The number of carbonyl (C=O) groups is 1. The summed E-state index contributed by atoms with van der Waals surface area (Å²) in [5, 5.41) is 18.2. The van der Waals surface area contributed by atoms with Crippen LogP contribution in [0.25, 0.3) is 0 Å². The Kier molecular flexibility index (Phi) is 4.96. The molecule has 0 aromatic carbocycles. The van der Waals surface area contributed by atoms with Crippen molar-refractivity contribution in [2.75, 3.05) is 16.8 Å². The minimum Gasteiger partial charge on any atom is -0.368 e. The van der Waals surface area contributed by atoms with Gasteiger partial charge in [0, 0.05) is 24.4 Å². The second-order valence-corrected chi connectivity index (χ2v) is 6.91. The van der Waals surface area contributed by atoms with Crippen LogP contribution in [0.4, 0.5) is 16.0 Å². The summed E-state index contributed by atoms with van der Waals surface area (Å²) in [5.74, 6) is 0.730. The third kappa shape index (κ3) is 3.55. The number of nitrogens with one attached hydrogen (secondary N) is 2. The molecule has 0 aliphatic heterocycles. The van der Waals surface area contributed by atoms with E-state index in [0.29, 0.717) is 36.8 Å². The van der Waals surface area contributed by atoms with Gasteiger partial charge in [0.15, 0.2) is 5.82 Å². The van der Waals surface area contributed by atoms with E-state index in [1.807, 2.05) is 0 Å². The number of nitrogens with zero attached hydrogens (tertiary/aromatic N) is 5. The molecule has 3 aromatic rings.